The number of rotatable bonds is 4. The van der Waals surface area contributed by atoms with E-state index in [1.165, 1.54) is 12.8 Å². The summed E-state index contributed by atoms with van der Waals surface area (Å²) in [6, 6.07) is 0. The van der Waals surface area contributed by atoms with Crippen LogP contribution in [0.3, 0.4) is 0 Å². The predicted molar refractivity (Wildman–Crippen MR) is 41.8 cm³/mol. The first kappa shape index (κ1) is 7.59. The summed E-state index contributed by atoms with van der Waals surface area (Å²) in [4.78, 5) is 0. The molecule has 0 aromatic heterocycles. The molecule has 0 aromatic rings. The van der Waals surface area contributed by atoms with E-state index in [-0.39, 0.29) is 0 Å². The molecule has 0 spiro atoms. The van der Waals surface area contributed by atoms with Gasteiger partial charge in [-0.1, -0.05) is 13.5 Å². The van der Waals surface area contributed by atoms with Gasteiger partial charge in [-0.25, -0.2) is 0 Å². The smallest absolute Gasteiger partial charge is 0.0810 e. The van der Waals surface area contributed by atoms with Crippen molar-refractivity contribution in [2.75, 3.05) is 6.61 Å². The summed E-state index contributed by atoms with van der Waals surface area (Å²) in [6.07, 6.45) is 4.98. The number of epoxide rings is 1. The van der Waals surface area contributed by atoms with Crippen LogP contribution in [0, 0.1) is 5.92 Å². The number of allylic oxidation sites excluding steroid dienone is 1. The second-order valence-electron chi connectivity index (χ2n) is 2.88. The van der Waals surface area contributed by atoms with Gasteiger partial charge in [-0.15, -0.1) is 5.73 Å². The van der Waals surface area contributed by atoms with E-state index in [2.05, 4.69) is 19.2 Å². The maximum atomic E-state index is 5.09. The Bertz CT molecular complexity index is 141. The Morgan fingerprint density at radius 3 is 3.10 bits per heavy atom. The zero-order valence-electron chi connectivity index (χ0n) is 6.47. The van der Waals surface area contributed by atoms with Gasteiger partial charge in [0.05, 0.1) is 12.7 Å². The lowest BCUT2D eigenvalue weighted by Gasteiger charge is -2.00. The molecule has 0 aliphatic carbocycles. The van der Waals surface area contributed by atoms with Crippen molar-refractivity contribution >= 4 is 0 Å². The van der Waals surface area contributed by atoms with Crippen LogP contribution in [0.25, 0.3) is 0 Å². The minimum absolute atomic E-state index is 0.570. The Hall–Kier alpha value is -0.520. The van der Waals surface area contributed by atoms with Gasteiger partial charge in [-0.05, 0) is 24.8 Å². The van der Waals surface area contributed by atoms with E-state index >= 15 is 0 Å². The van der Waals surface area contributed by atoms with E-state index in [0.29, 0.717) is 12.0 Å². The van der Waals surface area contributed by atoms with Crippen LogP contribution in [-0.4, -0.2) is 12.7 Å². The molecule has 0 bridgehead atoms. The summed E-state index contributed by atoms with van der Waals surface area (Å²) in [6.45, 7) is 6.69. The van der Waals surface area contributed by atoms with Crippen LogP contribution in [0.1, 0.15) is 19.8 Å². The van der Waals surface area contributed by atoms with Crippen LogP contribution < -0.4 is 0 Å². The molecule has 2 atom stereocenters. The standard InChI is InChI=1S/C9H14O/c1-3-4-8(2)5-6-9-7-10-9/h4,8-9H,1,5-7H2,2H3. The Balaban J connectivity index is 2.04. The quantitative estimate of drug-likeness (QED) is 0.428. The van der Waals surface area contributed by atoms with Crippen LogP contribution in [-0.2, 0) is 4.74 Å². The van der Waals surface area contributed by atoms with E-state index < -0.39 is 0 Å². The van der Waals surface area contributed by atoms with Crippen LogP contribution >= 0.6 is 0 Å². The van der Waals surface area contributed by atoms with Crippen LogP contribution in [0.2, 0.25) is 0 Å². The van der Waals surface area contributed by atoms with Crippen LogP contribution in [0.5, 0.6) is 0 Å². The summed E-state index contributed by atoms with van der Waals surface area (Å²) in [5, 5.41) is 0. The summed E-state index contributed by atoms with van der Waals surface area (Å²) >= 11 is 0. The molecule has 0 N–H and O–H groups in total. The van der Waals surface area contributed by atoms with Gasteiger partial charge in [0.2, 0.25) is 0 Å². The molecule has 1 aliphatic rings. The molecule has 0 saturated carbocycles. The summed E-state index contributed by atoms with van der Waals surface area (Å²) in [5.41, 5.74) is 2.80. The molecule has 0 aromatic carbocycles. The highest BCUT2D eigenvalue weighted by atomic mass is 16.6. The summed E-state index contributed by atoms with van der Waals surface area (Å²) < 4.78 is 5.09. The minimum Gasteiger partial charge on any atom is -0.373 e. The molecule has 1 heterocycles. The predicted octanol–water partition coefficient (Wildman–Crippen LogP) is 2.14. The Kier molecular flexibility index (Phi) is 2.73. The molecule has 0 amide bonds. The third-order valence-corrected chi connectivity index (χ3v) is 1.75. The summed E-state index contributed by atoms with van der Waals surface area (Å²) in [5.74, 6) is 0.613. The van der Waals surface area contributed by atoms with E-state index in [4.69, 9.17) is 4.74 Å². The zero-order chi connectivity index (χ0) is 7.40. The van der Waals surface area contributed by atoms with Crippen molar-refractivity contribution in [1.29, 1.82) is 0 Å². The Morgan fingerprint density at radius 1 is 1.90 bits per heavy atom. The van der Waals surface area contributed by atoms with Gasteiger partial charge in [0.25, 0.3) is 0 Å². The fraction of sp³-hybridized carbons (Fsp3) is 0.667. The molecular weight excluding hydrogens is 124 g/mol. The molecule has 1 heteroatoms. The number of hydrogen-bond donors (Lipinski definition) is 0. The molecule has 1 fully saturated rings. The lowest BCUT2D eigenvalue weighted by Crippen LogP contribution is -1.92. The molecule has 1 nitrogen and oxygen atoms in total. The van der Waals surface area contributed by atoms with E-state index in [9.17, 15) is 0 Å². The van der Waals surface area contributed by atoms with Crippen molar-refractivity contribution in [3.05, 3.63) is 18.4 Å². The molecule has 0 radical (unpaired) electrons. The maximum absolute atomic E-state index is 5.09. The monoisotopic (exact) mass is 138 g/mol. The first-order valence-corrected chi connectivity index (χ1v) is 3.80. The van der Waals surface area contributed by atoms with Gasteiger partial charge in [-0.2, -0.15) is 0 Å². The largest absolute Gasteiger partial charge is 0.373 e. The fourth-order valence-electron chi connectivity index (χ4n) is 0.968. The highest BCUT2D eigenvalue weighted by molar-refractivity contribution is 4.83. The second kappa shape index (κ2) is 3.60. The minimum atomic E-state index is 0.570. The third-order valence-electron chi connectivity index (χ3n) is 1.75. The van der Waals surface area contributed by atoms with Crippen molar-refractivity contribution in [3.8, 4) is 0 Å². The van der Waals surface area contributed by atoms with Crippen LogP contribution in [0.4, 0.5) is 0 Å². The van der Waals surface area contributed by atoms with E-state index in [1.807, 2.05) is 6.08 Å². The molecular formula is C9H14O. The number of hydrogen-bond acceptors (Lipinski definition) is 1. The molecule has 2 unspecified atom stereocenters. The lowest BCUT2D eigenvalue weighted by atomic mass is 10.0. The van der Waals surface area contributed by atoms with E-state index in [0.717, 1.165) is 6.61 Å². The first-order chi connectivity index (χ1) is 4.83. The molecule has 1 rings (SSSR count). The van der Waals surface area contributed by atoms with Crippen molar-refractivity contribution in [2.45, 2.75) is 25.9 Å². The molecule has 10 heavy (non-hydrogen) atoms. The maximum Gasteiger partial charge on any atom is 0.0810 e. The van der Waals surface area contributed by atoms with Gasteiger partial charge < -0.3 is 4.74 Å². The molecule has 56 valence electrons. The van der Waals surface area contributed by atoms with Crippen molar-refractivity contribution in [2.24, 2.45) is 5.92 Å². The number of ether oxygens (including phenoxy) is 1. The lowest BCUT2D eigenvalue weighted by molar-refractivity contribution is 0.383. The van der Waals surface area contributed by atoms with Crippen LogP contribution in [0.15, 0.2) is 18.4 Å². The molecule has 1 aliphatic heterocycles. The van der Waals surface area contributed by atoms with Gasteiger partial charge >= 0.3 is 0 Å². The van der Waals surface area contributed by atoms with Gasteiger partial charge in [0.1, 0.15) is 0 Å². The second-order valence-corrected chi connectivity index (χ2v) is 2.88. The topological polar surface area (TPSA) is 12.5 Å². The van der Waals surface area contributed by atoms with E-state index in [1.54, 1.807) is 0 Å². The zero-order valence-corrected chi connectivity index (χ0v) is 6.47. The Labute approximate surface area is 62.4 Å². The average molecular weight is 138 g/mol. The van der Waals surface area contributed by atoms with Crippen molar-refractivity contribution in [3.63, 3.8) is 0 Å². The normalized spacial score (nSPS) is 25.1. The van der Waals surface area contributed by atoms with Crippen molar-refractivity contribution in [1.82, 2.24) is 0 Å². The SMILES string of the molecule is C=C=CC(C)CCC1CO1. The molecule has 1 saturated heterocycles. The highest BCUT2D eigenvalue weighted by Crippen LogP contribution is 2.18. The summed E-state index contributed by atoms with van der Waals surface area (Å²) in [7, 11) is 0. The average Bonchev–Trinajstić information content (AvgIpc) is 2.67. The van der Waals surface area contributed by atoms with Gasteiger partial charge in [0, 0.05) is 0 Å². The van der Waals surface area contributed by atoms with Crippen molar-refractivity contribution < 1.29 is 4.74 Å². The van der Waals surface area contributed by atoms with Gasteiger partial charge in [-0.3, -0.25) is 0 Å². The van der Waals surface area contributed by atoms with Gasteiger partial charge in [0.15, 0.2) is 0 Å². The first-order valence-electron chi connectivity index (χ1n) is 3.80. The Morgan fingerprint density at radius 2 is 2.60 bits per heavy atom. The highest BCUT2D eigenvalue weighted by Gasteiger charge is 2.21. The third kappa shape index (κ3) is 2.86. The fourth-order valence-corrected chi connectivity index (χ4v) is 0.968.